The van der Waals surface area contributed by atoms with Gasteiger partial charge in [-0.15, -0.1) is 0 Å². The van der Waals surface area contributed by atoms with Crippen LogP contribution in [0.1, 0.15) is 36.7 Å². The second kappa shape index (κ2) is 6.36. The molecule has 0 spiro atoms. The highest BCUT2D eigenvalue weighted by atomic mass is 35.5. The number of fused-ring (bicyclic) bond motifs is 1. The summed E-state index contributed by atoms with van der Waals surface area (Å²) in [6.45, 7) is 4.72. The second-order valence-electron chi connectivity index (χ2n) is 6.23. The Morgan fingerprint density at radius 3 is 2.50 bits per heavy atom. The van der Waals surface area contributed by atoms with Crippen LogP contribution in [0.2, 0.25) is 5.02 Å². The van der Waals surface area contributed by atoms with E-state index in [0.29, 0.717) is 10.6 Å². The fraction of sp³-hybridized carbons (Fsp3) is 0.412. The highest BCUT2D eigenvalue weighted by molar-refractivity contribution is 6.33. The van der Waals surface area contributed by atoms with Crippen LogP contribution in [-0.2, 0) is 24.5 Å². The molecule has 0 fully saturated rings. The fourth-order valence-corrected chi connectivity index (χ4v) is 2.98. The van der Waals surface area contributed by atoms with Crippen molar-refractivity contribution in [1.82, 2.24) is 5.32 Å². The van der Waals surface area contributed by atoms with Crippen molar-refractivity contribution in [2.75, 3.05) is 7.11 Å². The molecule has 1 aliphatic carbocycles. The van der Waals surface area contributed by atoms with E-state index in [1.165, 1.54) is 20.1 Å². The van der Waals surface area contributed by atoms with Crippen molar-refractivity contribution in [3.8, 4) is 0 Å². The van der Waals surface area contributed by atoms with Gasteiger partial charge < -0.3 is 10.1 Å². The summed E-state index contributed by atoms with van der Waals surface area (Å²) in [7, 11) is 1.18. The van der Waals surface area contributed by atoms with Gasteiger partial charge in [0.25, 0.3) is 0 Å². The Bertz CT molecular complexity index is 740. The number of nitrogens with one attached hydrogen (secondary N) is 1. The molecular weight excluding hydrogens is 334 g/mol. The van der Waals surface area contributed by atoms with E-state index in [4.69, 9.17) is 11.6 Å². The van der Waals surface area contributed by atoms with Crippen molar-refractivity contribution in [2.45, 2.75) is 32.2 Å². The number of amides is 1. The minimum absolute atomic E-state index is 0.248. The summed E-state index contributed by atoms with van der Waals surface area (Å²) in [6.07, 6.45) is 0. The first-order valence-electron chi connectivity index (χ1n) is 7.38. The first-order chi connectivity index (χ1) is 11.1. The Hall–Kier alpha value is -2.21. The van der Waals surface area contributed by atoms with Crippen molar-refractivity contribution in [3.05, 3.63) is 34.3 Å². The van der Waals surface area contributed by atoms with Crippen LogP contribution in [0, 0.1) is 5.92 Å². The van der Waals surface area contributed by atoms with Crippen LogP contribution in [0.5, 0.6) is 0 Å². The summed E-state index contributed by atoms with van der Waals surface area (Å²) < 4.78 is 4.53. The number of Topliss-reactive ketones (excluding diaryl/α,β-unsaturated/α-hetero) is 2. The molecule has 0 bridgehead atoms. The smallest absolute Gasteiger partial charge is 0.328 e. The summed E-state index contributed by atoms with van der Waals surface area (Å²) in [5.41, 5.74) is -0.241. The van der Waals surface area contributed by atoms with Crippen molar-refractivity contribution >= 4 is 35.0 Å². The van der Waals surface area contributed by atoms with E-state index in [-0.39, 0.29) is 5.56 Å². The van der Waals surface area contributed by atoms with Gasteiger partial charge >= 0.3 is 5.97 Å². The van der Waals surface area contributed by atoms with E-state index in [1.807, 2.05) is 0 Å². The van der Waals surface area contributed by atoms with Crippen LogP contribution in [0.25, 0.3) is 0 Å². The van der Waals surface area contributed by atoms with Crippen LogP contribution in [-0.4, -0.2) is 36.6 Å². The van der Waals surface area contributed by atoms with Crippen molar-refractivity contribution in [3.63, 3.8) is 0 Å². The van der Waals surface area contributed by atoms with E-state index >= 15 is 0 Å². The monoisotopic (exact) mass is 351 g/mol. The number of methoxy groups -OCH3 is 1. The maximum Gasteiger partial charge on any atom is 0.328 e. The number of ketones is 2. The number of rotatable bonds is 3. The molecule has 1 amide bonds. The molecule has 24 heavy (non-hydrogen) atoms. The van der Waals surface area contributed by atoms with Gasteiger partial charge in [0.1, 0.15) is 6.04 Å². The van der Waals surface area contributed by atoms with Gasteiger partial charge in [-0.05, 0) is 38.5 Å². The Morgan fingerprint density at radius 2 is 1.92 bits per heavy atom. The number of halogens is 1. The average Bonchev–Trinajstić information content (AvgIpc) is 2.52. The van der Waals surface area contributed by atoms with Gasteiger partial charge in [-0.2, -0.15) is 0 Å². The van der Waals surface area contributed by atoms with Gasteiger partial charge in [-0.3, -0.25) is 14.4 Å². The molecule has 0 saturated carbocycles. The lowest BCUT2D eigenvalue weighted by molar-refractivity contribution is -0.146. The van der Waals surface area contributed by atoms with Crippen LogP contribution >= 0.6 is 11.6 Å². The Kier molecular flexibility index (Phi) is 4.80. The number of hydrogen-bond acceptors (Lipinski definition) is 5. The minimum Gasteiger partial charge on any atom is -0.467 e. The molecule has 1 unspecified atom stereocenters. The third-order valence-corrected chi connectivity index (χ3v) is 4.47. The van der Waals surface area contributed by atoms with Crippen LogP contribution < -0.4 is 5.32 Å². The zero-order chi connectivity index (χ0) is 18.2. The predicted molar refractivity (Wildman–Crippen MR) is 86.9 cm³/mol. The lowest BCUT2D eigenvalue weighted by atomic mass is 9.66. The molecule has 1 aromatic carbocycles. The molecular formula is C17H18ClNO5. The lowest BCUT2D eigenvalue weighted by Crippen LogP contribution is -2.53. The molecule has 1 aliphatic rings. The highest BCUT2D eigenvalue weighted by Crippen LogP contribution is 2.38. The first kappa shape index (κ1) is 18.1. The van der Waals surface area contributed by atoms with E-state index < -0.39 is 40.8 Å². The number of hydrogen-bond donors (Lipinski definition) is 1. The maximum atomic E-state index is 12.7. The number of carbonyl (C=O) groups is 4. The summed E-state index contributed by atoms with van der Waals surface area (Å²) in [6, 6.07) is 3.71. The van der Waals surface area contributed by atoms with Gasteiger partial charge in [-0.25, -0.2) is 4.79 Å². The SMILES string of the molecule is COC(=O)[C@@H](C)NC(=O)C1C(=O)c2cc(Cl)ccc2C(C)(C)C1=O. The van der Waals surface area contributed by atoms with E-state index in [1.54, 1.807) is 26.0 Å². The van der Waals surface area contributed by atoms with Gasteiger partial charge in [0.15, 0.2) is 17.5 Å². The zero-order valence-electron chi connectivity index (χ0n) is 13.8. The van der Waals surface area contributed by atoms with E-state index in [2.05, 4.69) is 10.1 Å². The molecule has 0 aromatic heterocycles. The third kappa shape index (κ3) is 2.94. The summed E-state index contributed by atoms with van der Waals surface area (Å²) in [5.74, 6) is -4.13. The molecule has 7 heteroatoms. The molecule has 1 N–H and O–H groups in total. The lowest BCUT2D eigenvalue weighted by Gasteiger charge is -2.34. The number of ether oxygens (including phenoxy) is 1. The molecule has 1 aromatic rings. The van der Waals surface area contributed by atoms with Gasteiger partial charge in [0, 0.05) is 10.6 Å². The second-order valence-corrected chi connectivity index (χ2v) is 6.67. The standard InChI is InChI=1S/C17H18ClNO5/c1-8(16(23)24-4)19-15(22)12-13(20)10-7-9(18)5-6-11(10)17(2,3)14(12)21/h5-8,12H,1-4H3,(H,19,22)/t8-,12?/m1/s1. The number of esters is 1. The highest BCUT2D eigenvalue weighted by Gasteiger charge is 2.49. The van der Waals surface area contributed by atoms with Gasteiger partial charge in [-0.1, -0.05) is 17.7 Å². The molecule has 2 rings (SSSR count). The van der Waals surface area contributed by atoms with Gasteiger partial charge in [0.2, 0.25) is 5.91 Å². The molecule has 128 valence electrons. The van der Waals surface area contributed by atoms with Crippen LogP contribution in [0.3, 0.4) is 0 Å². The van der Waals surface area contributed by atoms with Crippen LogP contribution in [0.4, 0.5) is 0 Å². The largest absolute Gasteiger partial charge is 0.467 e. The molecule has 6 nitrogen and oxygen atoms in total. The van der Waals surface area contributed by atoms with Crippen molar-refractivity contribution in [1.29, 1.82) is 0 Å². The molecule has 0 saturated heterocycles. The normalized spacial score (nSPS) is 20.1. The molecule has 0 radical (unpaired) electrons. The summed E-state index contributed by atoms with van der Waals surface area (Å²) in [4.78, 5) is 49.3. The quantitative estimate of drug-likeness (QED) is 0.661. The van der Waals surface area contributed by atoms with E-state index in [9.17, 15) is 19.2 Å². The summed E-state index contributed by atoms with van der Waals surface area (Å²) in [5, 5.41) is 2.70. The predicted octanol–water partition coefficient (Wildman–Crippen LogP) is 1.68. The van der Waals surface area contributed by atoms with E-state index in [0.717, 1.165) is 0 Å². The number of carbonyl (C=O) groups excluding carboxylic acids is 4. The summed E-state index contributed by atoms with van der Waals surface area (Å²) >= 11 is 5.94. The van der Waals surface area contributed by atoms with Gasteiger partial charge in [0.05, 0.1) is 12.5 Å². The molecule has 0 aliphatic heterocycles. The average molecular weight is 352 g/mol. The Balaban J connectivity index is 2.42. The Morgan fingerprint density at radius 1 is 1.29 bits per heavy atom. The first-order valence-corrected chi connectivity index (χ1v) is 7.75. The zero-order valence-corrected chi connectivity index (χ0v) is 14.6. The molecule has 0 heterocycles. The minimum atomic E-state index is -1.52. The maximum absolute atomic E-state index is 12.7. The van der Waals surface area contributed by atoms with Crippen molar-refractivity contribution < 1.29 is 23.9 Å². The number of benzene rings is 1. The fourth-order valence-electron chi connectivity index (χ4n) is 2.80. The topological polar surface area (TPSA) is 89.5 Å². The van der Waals surface area contributed by atoms with Crippen molar-refractivity contribution in [2.24, 2.45) is 5.92 Å². The molecule has 2 atom stereocenters. The van der Waals surface area contributed by atoms with Crippen LogP contribution in [0.15, 0.2) is 18.2 Å². The third-order valence-electron chi connectivity index (χ3n) is 4.24. The Labute approximate surface area is 144 Å².